The second kappa shape index (κ2) is 6.87. The SMILES string of the molecule is COC(=O)CCNS(=O)(=O)c1ccc(CC#N)cc1. The van der Waals surface area contributed by atoms with Gasteiger partial charge in [0.05, 0.1) is 30.9 Å². The quantitative estimate of drug-likeness (QED) is 0.770. The topological polar surface area (TPSA) is 96.3 Å². The Hall–Kier alpha value is -1.91. The molecule has 0 saturated heterocycles. The Morgan fingerprint density at radius 3 is 2.53 bits per heavy atom. The largest absolute Gasteiger partial charge is 0.469 e. The predicted molar refractivity (Wildman–Crippen MR) is 67.6 cm³/mol. The summed E-state index contributed by atoms with van der Waals surface area (Å²) < 4.78 is 30.4. The van der Waals surface area contributed by atoms with E-state index in [0.717, 1.165) is 5.56 Å². The number of nitrogens with zero attached hydrogens (tertiary/aromatic N) is 1. The maximum Gasteiger partial charge on any atom is 0.306 e. The lowest BCUT2D eigenvalue weighted by molar-refractivity contribution is -0.140. The van der Waals surface area contributed by atoms with Crippen LogP contribution in [0.3, 0.4) is 0 Å². The lowest BCUT2D eigenvalue weighted by atomic mass is 10.2. The Kier molecular flexibility index (Phi) is 5.48. The molecule has 0 radical (unpaired) electrons. The number of ether oxygens (including phenoxy) is 1. The molecule has 102 valence electrons. The zero-order chi connectivity index (χ0) is 14.3. The molecule has 0 bridgehead atoms. The Morgan fingerprint density at radius 2 is 2.00 bits per heavy atom. The number of carbonyl (C=O) groups excluding carboxylic acids is 1. The summed E-state index contributed by atoms with van der Waals surface area (Å²) in [4.78, 5) is 11.0. The van der Waals surface area contributed by atoms with Crippen LogP contribution in [0.25, 0.3) is 0 Å². The molecule has 0 aliphatic carbocycles. The van der Waals surface area contributed by atoms with E-state index in [1.54, 1.807) is 12.1 Å². The van der Waals surface area contributed by atoms with Gasteiger partial charge in [-0.1, -0.05) is 12.1 Å². The fourth-order valence-electron chi connectivity index (χ4n) is 1.35. The second-order valence-electron chi connectivity index (χ2n) is 3.70. The van der Waals surface area contributed by atoms with Gasteiger partial charge in [0.15, 0.2) is 0 Å². The summed E-state index contributed by atoms with van der Waals surface area (Å²) in [5.74, 6) is -0.480. The van der Waals surface area contributed by atoms with Crippen LogP contribution in [-0.2, 0) is 26.0 Å². The van der Waals surface area contributed by atoms with Crippen molar-refractivity contribution in [2.45, 2.75) is 17.7 Å². The number of hydrogen-bond acceptors (Lipinski definition) is 5. The zero-order valence-corrected chi connectivity index (χ0v) is 11.2. The summed E-state index contributed by atoms with van der Waals surface area (Å²) in [6.07, 6.45) is 0.207. The molecule has 6 nitrogen and oxygen atoms in total. The molecule has 19 heavy (non-hydrogen) atoms. The van der Waals surface area contributed by atoms with Crippen LogP contribution in [0.4, 0.5) is 0 Å². The van der Waals surface area contributed by atoms with E-state index < -0.39 is 16.0 Å². The van der Waals surface area contributed by atoms with Crippen molar-refractivity contribution in [2.24, 2.45) is 0 Å². The first kappa shape index (κ1) is 15.1. The van der Waals surface area contributed by atoms with E-state index in [0.29, 0.717) is 0 Å². The first-order chi connectivity index (χ1) is 8.99. The first-order valence-electron chi connectivity index (χ1n) is 5.52. The molecule has 0 aliphatic rings. The maximum atomic E-state index is 11.8. The Labute approximate surface area is 112 Å². The maximum absolute atomic E-state index is 11.8. The Bertz CT molecular complexity index is 573. The van der Waals surface area contributed by atoms with Gasteiger partial charge < -0.3 is 4.74 Å². The molecule has 0 fully saturated rings. The van der Waals surface area contributed by atoms with Gasteiger partial charge in [0.25, 0.3) is 0 Å². The third-order valence-electron chi connectivity index (χ3n) is 2.37. The highest BCUT2D eigenvalue weighted by molar-refractivity contribution is 7.89. The van der Waals surface area contributed by atoms with E-state index in [4.69, 9.17) is 5.26 Å². The Morgan fingerprint density at radius 1 is 1.37 bits per heavy atom. The van der Waals surface area contributed by atoms with Crippen molar-refractivity contribution < 1.29 is 17.9 Å². The van der Waals surface area contributed by atoms with E-state index in [2.05, 4.69) is 9.46 Å². The number of rotatable bonds is 6. The molecule has 1 aromatic carbocycles. The van der Waals surface area contributed by atoms with Gasteiger partial charge in [0, 0.05) is 6.54 Å². The molecule has 0 amide bonds. The minimum absolute atomic E-state index is 0.0189. The molecular formula is C12H14N2O4S. The molecule has 0 unspecified atom stereocenters. The van der Waals surface area contributed by atoms with Crippen LogP contribution in [0.1, 0.15) is 12.0 Å². The monoisotopic (exact) mass is 282 g/mol. The molecule has 0 atom stereocenters. The Balaban J connectivity index is 2.67. The summed E-state index contributed by atoms with van der Waals surface area (Å²) in [6.45, 7) is -0.0189. The summed E-state index contributed by atoms with van der Waals surface area (Å²) >= 11 is 0. The number of methoxy groups -OCH3 is 1. The van der Waals surface area contributed by atoms with Gasteiger partial charge in [-0.05, 0) is 17.7 Å². The minimum atomic E-state index is -3.64. The fraction of sp³-hybridized carbons (Fsp3) is 0.333. The third-order valence-corrected chi connectivity index (χ3v) is 3.84. The van der Waals surface area contributed by atoms with Crippen LogP contribution in [0, 0.1) is 11.3 Å². The van der Waals surface area contributed by atoms with Gasteiger partial charge >= 0.3 is 5.97 Å². The summed E-state index contributed by atoms with van der Waals surface area (Å²) in [7, 11) is -2.40. The van der Waals surface area contributed by atoms with Gasteiger partial charge in [0.2, 0.25) is 10.0 Å². The van der Waals surface area contributed by atoms with E-state index in [-0.39, 0.29) is 24.3 Å². The van der Waals surface area contributed by atoms with Crippen molar-refractivity contribution in [3.05, 3.63) is 29.8 Å². The molecule has 0 heterocycles. The number of esters is 1. The lowest BCUT2D eigenvalue weighted by Gasteiger charge is -2.06. The lowest BCUT2D eigenvalue weighted by Crippen LogP contribution is -2.26. The van der Waals surface area contributed by atoms with Crippen molar-refractivity contribution in [3.63, 3.8) is 0 Å². The van der Waals surface area contributed by atoms with Crippen LogP contribution in [-0.4, -0.2) is 28.0 Å². The van der Waals surface area contributed by atoms with Gasteiger partial charge in [-0.25, -0.2) is 13.1 Å². The standard InChI is InChI=1S/C12H14N2O4S/c1-18-12(15)7-9-14-19(16,17)11-4-2-10(3-5-11)6-8-13/h2-5,14H,6-7,9H2,1H3. The second-order valence-corrected chi connectivity index (χ2v) is 5.47. The van der Waals surface area contributed by atoms with Gasteiger partial charge in [-0.2, -0.15) is 5.26 Å². The number of hydrogen-bond donors (Lipinski definition) is 1. The highest BCUT2D eigenvalue weighted by Gasteiger charge is 2.13. The molecule has 7 heteroatoms. The molecule has 0 saturated carbocycles. The smallest absolute Gasteiger partial charge is 0.306 e. The van der Waals surface area contributed by atoms with E-state index in [9.17, 15) is 13.2 Å². The van der Waals surface area contributed by atoms with Crippen molar-refractivity contribution >= 4 is 16.0 Å². The number of benzene rings is 1. The zero-order valence-electron chi connectivity index (χ0n) is 10.4. The molecule has 1 aromatic rings. The van der Waals surface area contributed by atoms with Gasteiger partial charge in [0.1, 0.15) is 0 Å². The van der Waals surface area contributed by atoms with E-state index in [1.807, 2.05) is 6.07 Å². The normalized spacial score (nSPS) is 10.7. The van der Waals surface area contributed by atoms with Crippen molar-refractivity contribution in [1.82, 2.24) is 4.72 Å². The highest BCUT2D eigenvalue weighted by atomic mass is 32.2. The summed E-state index contributed by atoms with van der Waals surface area (Å²) in [5.41, 5.74) is 0.746. The molecule has 0 aliphatic heterocycles. The van der Waals surface area contributed by atoms with Crippen LogP contribution in [0.5, 0.6) is 0 Å². The van der Waals surface area contributed by atoms with Crippen LogP contribution >= 0.6 is 0 Å². The van der Waals surface area contributed by atoms with E-state index in [1.165, 1.54) is 19.2 Å². The highest BCUT2D eigenvalue weighted by Crippen LogP contribution is 2.10. The summed E-state index contributed by atoms with van der Waals surface area (Å²) in [5, 5.41) is 8.52. The van der Waals surface area contributed by atoms with Gasteiger partial charge in [-0.3, -0.25) is 4.79 Å². The predicted octanol–water partition coefficient (Wildman–Crippen LogP) is 0.594. The number of nitriles is 1. The number of carbonyl (C=O) groups is 1. The number of sulfonamides is 1. The third kappa shape index (κ3) is 4.69. The van der Waals surface area contributed by atoms with Gasteiger partial charge in [-0.15, -0.1) is 0 Å². The molecule has 0 spiro atoms. The average molecular weight is 282 g/mol. The van der Waals surface area contributed by atoms with Crippen molar-refractivity contribution in [2.75, 3.05) is 13.7 Å². The number of nitrogens with one attached hydrogen (secondary N) is 1. The van der Waals surface area contributed by atoms with Crippen LogP contribution in [0.2, 0.25) is 0 Å². The molecule has 1 rings (SSSR count). The minimum Gasteiger partial charge on any atom is -0.469 e. The van der Waals surface area contributed by atoms with Crippen LogP contribution < -0.4 is 4.72 Å². The molecule has 0 aromatic heterocycles. The molecular weight excluding hydrogens is 268 g/mol. The average Bonchev–Trinajstić information content (AvgIpc) is 2.39. The fourth-order valence-corrected chi connectivity index (χ4v) is 2.38. The van der Waals surface area contributed by atoms with Crippen molar-refractivity contribution in [3.8, 4) is 6.07 Å². The molecule has 1 N–H and O–H groups in total. The van der Waals surface area contributed by atoms with E-state index >= 15 is 0 Å². The first-order valence-corrected chi connectivity index (χ1v) is 7.00. The summed E-state index contributed by atoms with van der Waals surface area (Å²) in [6, 6.07) is 7.99. The van der Waals surface area contributed by atoms with Crippen LogP contribution in [0.15, 0.2) is 29.2 Å². The van der Waals surface area contributed by atoms with Crippen molar-refractivity contribution in [1.29, 1.82) is 5.26 Å².